The molecule has 0 aromatic heterocycles. The number of allylic oxidation sites excluding steroid dienone is 3. The highest BCUT2D eigenvalue weighted by atomic mass is 16.4. The zero-order valence-electron chi connectivity index (χ0n) is 15.2. The van der Waals surface area contributed by atoms with Crippen molar-refractivity contribution in [3.63, 3.8) is 0 Å². The monoisotopic (exact) mass is 325 g/mol. The van der Waals surface area contributed by atoms with E-state index >= 15 is 0 Å². The van der Waals surface area contributed by atoms with Crippen LogP contribution in [-0.4, -0.2) is 16.6 Å². The molecule has 3 nitrogen and oxygen atoms in total. The van der Waals surface area contributed by atoms with Crippen molar-refractivity contribution in [3.05, 3.63) is 64.8 Å². The fraction of sp³-hybridized carbons (Fsp3) is 0.381. The molecule has 0 saturated carbocycles. The van der Waals surface area contributed by atoms with Gasteiger partial charge in [-0.05, 0) is 47.1 Å². The second-order valence-corrected chi connectivity index (χ2v) is 7.52. The number of carboxylic acids is 1. The van der Waals surface area contributed by atoms with Crippen LogP contribution in [0, 0.1) is 0 Å². The van der Waals surface area contributed by atoms with E-state index in [1.807, 2.05) is 6.08 Å². The second-order valence-electron chi connectivity index (χ2n) is 7.52. The van der Waals surface area contributed by atoms with Crippen LogP contribution in [0.25, 0.3) is 5.57 Å². The summed E-state index contributed by atoms with van der Waals surface area (Å²) in [7, 11) is 0. The average Bonchev–Trinajstić information content (AvgIpc) is 2.48. The number of carbonyl (C=O) groups is 1. The Hall–Kier alpha value is -2.13. The van der Waals surface area contributed by atoms with Gasteiger partial charge in [0.15, 0.2) is 0 Å². The van der Waals surface area contributed by atoms with Gasteiger partial charge in [0.25, 0.3) is 0 Å². The summed E-state index contributed by atoms with van der Waals surface area (Å²) in [6.45, 7) is 10.4. The van der Waals surface area contributed by atoms with Gasteiger partial charge < -0.3 is 10.8 Å². The summed E-state index contributed by atoms with van der Waals surface area (Å²) in [6.07, 6.45) is 6.07. The Labute approximate surface area is 144 Å². The fourth-order valence-electron chi connectivity index (χ4n) is 3.16. The normalized spacial score (nSPS) is 23.0. The molecule has 0 spiro atoms. The van der Waals surface area contributed by atoms with E-state index in [1.54, 1.807) is 19.1 Å². The first kappa shape index (κ1) is 18.2. The van der Waals surface area contributed by atoms with Crippen molar-refractivity contribution in [1.29, 1.82) is 0 Å². The van der Waals surface area contributed by atoms with Crippen LogP contribution in [0.1, 0.15) is 52.2 Å². The largest absolute Gasteiger partial charge is 0.478 e. The molecule has 24 heavy (non-hydrogen) atoms. The predicted molar refractivity (Wildman–Crippen MR) is 99.8 cm³/mol. The molecule has 1 aliphatic carbocycles. The molecule has 3 N–H and O–H groups in total. The number of aliphatic carboxylic acids is 1. The van der Waals surface area contributed by atoms with E-state index in [0.29, 0.717) is 0 Å². The standard InChI is InChI=1S/C21H27NO2/c1-6-16(14-10-12-15(13-11-14)20(2,3)4)17-8-7-9-18(19(23)24)21(17,5)22/h7-13H,6,22H2,1-5H3,(H,23,24). The molecule has 1 aromatic rings. The minimum absolute atomic E-state index is 0.102. The summed E-state index contributed by atoms with van der Waals surface area (Å²) >= 11 is 0. The zero-order chi connectivity index (χ0) is 18.1. The van der Waals surface area contributed by atoms with Crippen molar-refractivity contribution in [2.24, 2.45) is 5.73 Å². The molecule has 0 aliphatic heterocycles. The summed E-state index contributed by atoms with van der Waals surface area (Å²) in [5.41, 5.74) is 10.1. The van der Waals surface area contributed by atoms with Crippen LogP contribution in [0.2, 0.25) is 0 Å². The number of carboxylic acid groups (broad SMARTS) is 1. The third-order valence-corrected chi connectivity index (χ3v) is 4.65. The number of rotatable bonds is 3. The molecule has 0 amide bonds. The van der Waals surface area contributed by atoms with E-state index in [9.17, 15) is 9.90 Å². The van der Waals surface area contributed by atoms with Gasteiger partial charge in [-0.2, -0.15) is 0 Å². The predicted octanol–water partition coefficient (Wildman–Crippen LogP) is 4.45. The molecule has 1 unspecified atom stereocenters. The molecule has 1 aliphatic rings. The first-order valence-corrected chi connectivity index (χ1v) is 8.34. The summed E-state index contributed by atoms with van der Waals surface area (Å²) in [6, 6.07) is 8.49. The highest BCUT2D eigenvalue weighted by molar-refractivity contribution is 5.93. The molecule has 0 radical (unpaired) electrons. The SMILES string of the molecule is CCC(=C1C=CC=C(C(=O)O)C1(C)N)c1ccc(C(C)(C)C)cc1. The number of nitrogens with two attached hydrogens (primary N) is 1. The Bertz CT molecular complexity index is 726. The van der Waals surface area contributed by atoms with Gasteiger partial charge in [0.1, 0.15) is 0 Å². The average molecular weight is 325 g/mol. The van der Waals surface area contributed by atoms with Gasteiger partial charge >= 0.3 is 5.97 Å². The molecular formula is C21H27NO2. The Kier molecular flexibility index (Phi) is 4.86. The Morgan fingerprint density at radius 2 is 1.79 bits per heavy atom. The highest BCUT2D eigenvalue weighted by Gasteiger charge is 2.35. The van der Waals surface area contributed by atoms with Crippen LogP contribution >= 0.6 is 0 Å². The first-order valence-electron chi connectivity index (χ1n) is 8.34. The maximum Gasteiger partial charge on any atom is 0.333 e. The van der Waals surface area contributed by atoms with E-state index < -0.39 is 11.5 Å². The topological polar surface area (TPSA) is 63.3 Å². The van der Waals surface area contributed by atoms with Gasteiger partial charge in [0.05, 0.1) is 11.1 Å². The lowest BCUT2D eigenvalue weighted by Gasteiger charge is -2.32. The van der Waals surface area contributed by atoms with Crippen molar-refractivity contribution in [1.82, 2.24) is 0 Å². The van der Waals surface area contributed by atoms with Crippen molar-refractivity contribution in [3.8, 4) is 0 Å². The van der Waals surface area contributed by atoms with E-state index in [4.69, 9.17) is 5.73 Å². The quantitative estimate of drug-likeness (QED) is 0.863. The molecular weight excluding hydrogens is 298 g/mol. The van der Waals surface area contributed by atoms with Crippen LogP contribution in [0.4, 0.5) is 0 Å². The number of hydrogen-bond donors (Lipinski definition) is 2. The minimum atomic E-state index is -1.01. The molecule has 0 heterocycles. The molecule has 1 atom stereocenters. The van der Waals surface area contributed by atoms with Crippen LogP contribution in [0.15, 0.2) is 53.6 Å². The molecule has 0 saturated heterocycles. The molecule has 128 valence electrons. The van der Waals surface area contributed by atoms with E-state index in [1.165, 1.54) is 5.56 Å². The van der Waals surface area contributed by atoms with Crippen LogP contribution < -0.4 is 5.73 Å². The molecule has 0 bridgehead atoms. The van der Waals surface area contributed by atoms with Gasteiger partial charge in [0.2, 0.25) is 0 Å². The van der Waals surface area contributed by atoms with Gasteiger partial charge in [-0.15, -0.1) is 0 Å². The molecule has 3 heteroatoms. The molecule has 0 fully saturated rings. The highest BCUT2D eigenvalue weighted by Crippen LogP contribution is 2.36. The Morgan fingerprint density at radius 3 is 2.25 bits per heavy atom. The lowest BCUT2D eigenvalue weighted by Crippen LogP contribution is -2.44. The maximum absolute atomic E-state index is 11.5. The summed E-state index contributed by atoms with van der Waals surface area (Å²) < 4.78 is 0. The van der Waals surface area contributed by atoms with Gasteiger partial charge in [-0.3, -0.25) is 0 Å². The number of hydrogen-bond acceptors (Lipinski definition) is 2. The maximum atomic E-state index is 11.5. The van der Waals surface area contributed by atoms with Crippen LogP contribution in [0.5, 0.6) is 0 Å². The molecule has 2 rings (SSSR count). The van der Waals surface area contributed by atoms with Crippen LogP contribution in [-0.2, 0) is 10.2 Å². The van der Waals surface area contributed by atoms with Gasteiger partial charge in [-0.25, -0.2) is 4.79 Å². The third kappa shape index (κ3) is 3.36. The zero-order valence-corrected chi connectivity index (χ0v) is 15.2. The van der Waals surface area contributed by atoms with Crippen molar-refractivity contribution in [2.45, 2.75) is 52.0 Å². The number of benzene rings is 1. The van der Waals surface area contributed by atoms with Gasteiger partial charge in [0, 0.05) is 0 Å². The Morgan fingerprint density at radius 1 is 1.21 bits per heavy atom. The summed E-state index contributed by atoms with van der Waals surface area (Å²) in [5.74, 6) is -0.972. The Balaban J connectivity index is 2.55. The first-order chi connectivity index (χ1) is 11.1. The van der Waals surface area contributed by atoms with E-state index in [2.05, 4.69) is 52.0 Å². The molecule has 1 aromatic carbocycles. The minimum Gasteiger partial charge on any atom is -0.478 e. The van der Waals surface area contributed by atoms with Gasteiger partial charge in [-0.1, -0.05) is 64.1 Å². The van der Waals surface area contributed by atoms with Crippen LogP contribution in [0.3, 0.4) is 0 Å². The van der Waals surface area contributed by atoms with Crippen molar-refractivity contribution < 1.29 is 9.90 Å². The lowest BCUT2D eigenvalue weighted by atomic mass is 9.77. The second kappa shape index (κ2) is 6.40. The van der Waals surface area contributed by atoms with Crippen molar-refractivity contribution in [2.75, 3.05) is 0 Å². The van der Waals surface area contributed by atoms with E-state index in [0.717, 1.165) is 23.1 Å². The third-order valence-electron chi connectivity index (χ3n) is 4.65. The summed E-state index contributed by atoms with van der Waals surface area (Å²) in [4.78, 5) is 11.5. The summed E-state index contributed by atoms with van der Waals surface area (Å²) in [5, 5.41) is 9.44. The smallest absolute Gasteiger partial charge is 0.333 e. The van der Waals surface area contributed by atoms with Crippen molar-refractivity contribution >= 4 is 11.5 Å². The fourth-order valence-corrected chi connectivity index (χ4v) is 3.16. The lowest BCUT2D eigenvalue weighted by molar-refractivity contribution is -0.133. The van der Waals surface area contributed by atoms with E-state index in [-0.39, 0.29) is 11.0 Å².